The minimum Gasteiger partial charge on any atom is -0.351 e. The van der Waals surface area contributed by atoms with Crippen molar-refractivity contribution < 1.29 is 4.79 Å². The molecule has 2 aromatic heterocycles. The van der Waals surface area contributed by atoms with E-state index in [2.05, 4.69) is 34.0 Å². The summed E-state index contributed by atoms with van der Waals surface area (Å²) >= 11 is 8.75. The first-order valence-corrected chi connectivity index (χ1v) is 12.3. The number of anilines is 1. The Labute approximate surface area is 194 Å². The highest BCUT2D eigenvalue weighted by Gasteiger charge is 2.20. The van der Waals surface area contributed by atoms with Crippen LogP contribution in [0.15, 0.2) is 34.2 Å². The SMILES string of the molecule is CCN(CC)c1nc2nc(SCC(=O)NCc3ccccc3Cl)n(C(C)C)c(=O)c2s1. The predicted molar refractivity (Wildman–Crippen MR) is 130 cm³/mol. The van der Waals surface area contributed by atoms with E-state index < -0.39 is 0 Å². The van der Waals surface area contributed by atoms with Crippen LogP contribution < -0.4 is 15.8 Å². The summed E-state index contributed by atoms with van der Waals surface area (Å²) in [6.45, 7) is 9.94. The number of nitrogens with zero attached hydrogens (tertiary/aromatic N) is 4. The Morgan fingerprint density at radius 3 is 2.61 bits per heavy atom. The van der Waals surface area contributed by atoms with Crippen molar-refractivity contribution in [1.82, 2.24) is 19.9 Å². The number of amides is 1. The van der Waals surface area contributed by atoms with Gasteiger partial charge in [0, 0.05) is 30.7 Å². The van der Waals surface area contributed by atoms with Crippen molar-refractivity contribution in [1.29, 1.82) is 0 Å². The van der Waals surface area contributed by atoms with Gasteiger partial charge in [-0.1, -0.05) is 52.9 Å². The molecule has 0 atom stereocenters. The van der Waals surface area contributed by atoms with E-state index in [1.807, 2.05) is 32.0 Å². The third-order valence-corrected chi connectivity index (χ3v) is 7.15. The number of carbonyl (C=O) groups is 1. The fraction of sp³-hybridized carbons (Fsp3) is 0.429. The van der Waals surface area contributed by atoms with E-state index >= 15 is 0 Å². The summed E-state index contributed by atoms with van der Waals surface area (Å²) in [6.07, 6.45) is 0. The van der Waals surface area contributed by atoms with Crippen LogP contribution in [-0.4, -0.2) is 39.3 Å². The van der Waals surface area contributed by atoms with E-state index in [0.29, 0.717) is 27.1 Å². The van der Waals surface area contributed by atoms with E-state index in [0.717, 1.165) is 23.8 Å². The maximum absolute atomic E-state index is 13.1. The molecule has 0 radical (unpaired) electrons. The second-order valence-electron chi connectivity index (χ2n) is 7.14. The average molecular weight is 480 g/mol. The predicted octanol–water partition coefficient (Wildman–Crippen LogP) is 4.34. The summed E-state index contributed by atoms with van der Waals surface area (Å²) < 4.78 is 2.18. The molecule has 0 fully saturated rings. The van der Waals surface area contributed by atoms with E-state index in [-0.39, 0.29) is 23.3 Å². The number of fused-ring (bicyclic) bond motifs is 1. The molecule has 0 saturated carbocycles. The zero-order valence-corrected chi connectivity index (χ0v) is 20.4. The minimum atomic E-state index is -0.156. The van der Waals surface area contributed by atoms with Gasteiger partial charge in [0.15, 0.2) is 15.9 Å². The van der Waals surface area contributed by atoms with Crippen LogP contribution in [0.25, 0.3) is 10.3 Å². The first kappa shape index (κ1) is 23.6. The Morgan fingerprint density at radius 1 is 1.26 bits per heavy atom. The largest absolute Gasteiger partial charge is 0.351 e. The van der Waals surface area contributed by atoms with Crippen LogP contribution in [0.2, 0.25) is 5.02 Å². The second kappa shape index (κ2) is 10.5. The zero-order valence-electron chi connectivity index (χ0n) is 18.0. The number of rotatable bonds is 9. The second-order valence-corrected chi connectivity index (χ2v) is 9.47. The van der Waals surface area contributed by atoms with Crippen molar-refractivity contribution in [3.05, 3.63) is 45.2 Å². The number of hydrogen-bond donors (Lipinski definition) is 1. The van der Waals surface area contributed by atoms with Gasteiger partial charge in [-0.3, -0.25) is 14.2 Å². The Kier molecular flexibility index (Phi) is 7.96. The molecule has 31 heavy (non-hydrogen) atoms. The van der Waals surface area contributed by atoms with E-state index in [9.17, 15) is 9.59 Å². The van der Waals surface area contributed by atoms with E-state index in [1.165, 1.54) is 23.1 Å². The standard InChI is InChI=1S/C21H26ClN5O2S2/c1-5-26(6-2)20-24-18-17(31-20)19(29)27(13(3)4)21(25-18)30-12-16(28)23-11-14-9-7-8-10-15(14)22/h7-10,13H,5-6,11-12H2,1-4H3,(H,23,28). The number of carbonyl (C=O) groups excluding carboxylic acids is 1. The topological polar surface area (TPSA) is 80.1 Å². The van der Waals surface area contributed by atoms with Crippen LogP contribution in [0.1, 0.15) is 39.3 Å². The smallest absolute Gasteiger partial charge is 0.274 e. The molecule has 0 bridgehead atoms. The normalized spacial score (nSPS) is 11.3. The molecular formula is C21H26ClN5O2S2. The minimum absolute atomic E-state index is 0.0860. The molecule has 166 valence electrons. The molecule has 10 heteroatoms. The zero-order chi connectivity index (χ0) is 22.5. The average Bonchev–Trinajstić information content (AvgIpc) is 3.16. The lowest BCUT2D eigenvalue weighted by Gasteiger charge is -2.15. The third-order valence-electron chi connectivity index (χ3n) is 4.74. The highest BCUT2D eigenvalue weighted by molar-refractivity contribution is 7.99. The first-order chi connectivity index (χ1) is 14.8. The molecule has 1 amide bonds. The number of halogens is 1. The number of hydrogen-bond acceptors (Lipinski definition) is 7. The molecule has 0 spiro atoms. The molecule has 2 heterocycles. The summed E-state index contributed by atoms with van der Waals surface area (Å²) in [7, 11) is 0. The molecule has 1 aromatic carbocycles. The van der Waals surface area contributed by atoms with Gasteiger partial charge in [0.25, 0.3) is 5.56 Å². The fourth-order valence-corrected chi connectivity index (χ4v) is 5.28. The molecule has 0 aliphatic rings. The summed E-state index contributed by atoms with van der Waals surface area (Å²) in [4.78, 5) is 36.8. The lowest BCUT2D eigenvalue weighted by atomic mass is 10.2. The van der Waals surface area contributed by atoms with Crippen molar-refractivity contribution in [2.75, 3.05) is 23.7 Å². The Morgan fingerprint density at radius 2 is 1.97 bits per heavy atom. The Bertz CT molecular complexity index is 1120. The highest BCUT2D eigenvalue weighted by atomic mass is 35.5. The van der Waals surface area contributed by atoms with Crippen molar-refractivity contribution in [2.45, 2.75) is 45.4 Å². The lowest BCUT2D eigenvalue weighted by Crippen LogP contribution is -2.27. The number of nitrogens with one attached hydrogen (secondary N) is 1. The summed E-state index contributed by atoms with van der Waals surface area (Å²) in [5, 5.41) is 4.77. The van der Waals surface area contributed by atoms with Crippen LogP contribution in [0.4, 0.5) is 5.13 Å². The number of thiazole rings is 1. The molecular weight excluding hydrogens is 454 g/mol. The molecule has 0 saturated heterocycles. The molecule has 3 aromatic rings. The number of benzene rings is 1. The van der Waals surface area contributed by atoms with E-state index in [4.69, 9.17) is 11.6 Å². The fourth-order valence-electron chi connectivity index (χ4n) is 3.06. The van der Waals surface area contributed by atoms with Gasteiger partial charge in [0.2, 0.25) is 5.91 Å². The van der Waals surface area contributed by atoms with Gasteiger partial charge in [0.1, 0.15) is 4.70 Å². The monoisotopic (exact) mass is 479 g/mol. The maximum atomic E-state index is 13.1. The van der Waals surface area contributed by atoms with Crippen molar-refractivity contribution in [3.8, 4) is 0 Å². The van der Waals surface area contributed by atoms with Crippen LogP contribution >= 0.6 is 34.7 Å². The van der Waals surface area contributed by atoms with Gasteiger partial charge in [-0.2, -0.15) is 4.98 Å². The number of thioether (sulfide) groups is 1. The molecule has 0 aliphatic carbocycles. The quantitative estimate of drug-likeness (QED) is 0.363. The van der Waals surface area contributed by atoms with Crippen molar-refractivity contribution >= 4 is 56.1 Å². The van der Waals surface area contributed by atoms with Crippen LogP contribution in [0.5, 0.6) is 0 Å². The molecule has 3 rings (SSSR count). The number of aromatic nitrogens is 3. The Balaban J connectivity index is 1.80. The van der Waals surface area contributed by atoms with Gasteiger partial charge < -0.3 is 10.2 Å². The molecule has 0 aliphatic heterocycles. The molecule has 0 unspecified atom stereocenters. The Hall–Kier alpha value is -2.10. The summed E-state index contributed by atoms with van der Waals surface area (Å²) in [6, 6.07) is 7.30. The summed E-state index contributed by atoms with van der Waals surface area (Å²) in [5.41, 5.74) is 1.18. The highest BCUT2D eigenvalue weighted by Crippen LogP contribution is 2.28. The van der Waals surface area contributed by atoms with Crippen molar-refractivity contribution in [3.63, 3.8) is 0 Å². The molecule has 7 nitrogen and oxygen atoms in total. The van der Waals surface area contributed by atoms with Gasteiger partial charge in [-0.15, -0.1) is 0 Å². The van der Waals surface area contributed by atoms with Crippen LogP contribution in [0, 0.1) is 0 Å². The van der Waals surface area contributed by atoms with E-state index in [1.54, 1.807) is 10.6 Å². The van der Waals surface area contributed by atoms with Gasteiger partial charge in [0.05, 0.1) is 5.75 Å². The summed E-state index contributed by atoms with van der Waals surface area (Å²) in [5.74, 6) is -0.0148. The van der Waals surface area contributed by atoms with Gasteiger partial charge in [-0.05, 0) is 39.3 Å². The molecule has 1 N–H and O–H groups in total. The van der Waals surface area contributed by atoms with Gasteiger partial charge >= 0.3 is 0 Å². The van der Waals surface area contributed by atoms with Crippen molar-refractivity contribution in [2.24, 2.45) is 0 Å². The van der Waals surface area contributed by atoms with Crippen LogP contribution in [-0.2, 0) is 11.3 Å². The lowest BCUT2D eigenvalue weighted by molar-refractivity contribution is -0.118. The van der Waals surface area contributed by atoms with Gasteiger partial charge in [-0.25, -0.2) is 4.98 Å². The first-order valence-electron chi connectivity index (χ1n) is 10.2. The van der Waals surface area contributed by atoms with Crippen LogP contribution in [0.3, 0.4) is 0 Å². The maximum Gasteiger partial charge on any atom is 0.274 e. The third kappa shape index (κ3) is 5.39.